The normalized spacial score (nSPS) is 15.4. The van der Waals surface area contributed by atoms with Gasteiger partial charge in [0.25, 0.3) is 11.6 Å². The van der Waals surface area contributed by atoms with Gasteiger partial charge in [0.15, 0.2) is 0 Å². The second kappa shape index (κ2) is 6.82. The zero-order valence-electron chi connectivity index (χ0n) is 13.9. The van der Waals surface area contributed by atoms with E-state index < -0.39 is 4.92 Å². The van der Waals surface area contributed by atoms with Crippen molar-refractivity contribution in [1.82, 2.24) is 9.80 Å². The molecule has 0 saturated carbocycles. The lowest BCUT2D eigenvalue weighted by molar-refractivity contribution is -0.384. The molecule has 1 aliphatic heterocycles. The van der Waals surface area contributed by atoms with Crippen molar-refractivity contribution in [3.05, 3.63) is 27.8 Å². The van der Waals surface area contributed by atoms with E-state index in [1.165, 1.54) is 13.2 Å². The van der Waals surface area contributed by atoms with Crippen molar-refractivity contribution in [1.29, 1.82) is 0 Å². The quantitative estimate of drug-likeness (QED) is 0.609. The van der Waals surface area contributed by atoms with Crippen molar-refractivity contribution in [2.24, 2.45) is 0 Å². The third-order valence-corrected chi connectivity index (χ3v) is 4.00. The number of ether oxygens (including phenoxy) is 1. The Morgan fingerprint density at radius 3 is 2.35 bits per heavy atom. The second-order valence-corrected chi connectivity index (χ2v) is 5.79. The number of nitrogens with zero attached hydrogens (tertiary/aromatic N) is 4. The first-order valence-corrected chi connectivity index (χ1v) is 7.36. The van der Waals surface area contributed by atoms with E-state index in [1.54, 1.807) is 30.0 Å². The zero-order chi connectivity index (χ0) is 17.1. The number of carbonyl (C=O) groups excluding carboxylic acids is 1. The van der Waals surface area contributed by atoms with E-state index in [0.717, 1.165) is 13.1 Å². The minimum Gasteiger partial charge on any atom is -0.496 e. The molecule has 23 heavy (non-hydrogen) atoms. The molecule has 1 heterocycles. The Balaban J connectivity index is 2.42. The minimum atomic E-state index is -0.477. The highest BCUT2D eigenvalue weighted by Gasteiger charge is 2.27. The summed E-state index contributed by atoms with van der Waals surface area (Å²) in [6, 6.07) is 2.86. The van der Waals surface area contributed by atoms with Crippen molar-refractivity contribution in [3.63, 3.8) is 0 Å². The molecule has 1 fully saturated rings. The predicted octanol–water partition coefficient (Wildman–Crippen LogP) is 1.06. The van der Waals surface area contributed by atoms with Crippen LogP contribution in [0.4, 0.5) is 11.4 Å². The Morgan fingerprint density at radius 2 is 1.87 bits per heavy atom. The summed E-state index contributed by atoms with van der Waals surface area (Å²) in [4.78, 5) is 29.1. The van der Waals surface area contributed by atoms with E-state index in [2.05, 4.69) is 4.90 Å². The first kappa shape index (κ1) is 17.0. The van der Waals surface area contributed by atoms with Crippen LogP contribution in [0.1, 0.15) is 10.4 Å². The van der Waals surface area contributed by atoms with Crippen LogP contribution in [0.5, 0.6) is 5.75 Å². The van der Waals surface area contributed by atoms with Crippen molar-refractivity contribution in [2.75, 3.05) is 59.3 Å². The number of amides is 1. The monoisotopic (exact) mass is 322 g/mol. The number of nitro benzene ring substituents is 1. The summed E-state index contributed by atoms with van der Waals surface area (Å²) in [6.45, 7) is 2.77. The Hall–Kier alpha value is -2.35. The average molecular weight is 322 g/mol. The van der Waals surface area contributed by atoms with Crippen molar-refractivity contribution >= 4 is 17.3 Å². The number of benzene rings is 1. The van der Waals surface area contributed by atoms with Crippen LogP contribution < -0.4 is 9.64 Å². The van der Waals surface area contributed by atoms with Crippen LogP contribution in [0.15, 0.2) is 12.1 Å². The van der Waals surface area contributed by atoms with Gasteiger partial charge in [0.2, 0.25) is 0 Å². The molecule has 1 saturated heterocycles. The molecule has 0 spiro atoms. The minimum absolute atomic E-state index is 0.103. The largest absolute Gasteiger partial charge is 0.496 e. The first-order chi connectivity index (χ1) is 10.8. The van der Waals surface area contributed by atoms with Crippen LogP contribution in [0.2, 0.25) is 0 Å². The highest BCUT2D eigenvalue weighted by atomic mass is 16.6. The number of nitro groups is 1. The number of rotatable bonds is 4. The standard InChI is InChI=1S/C15H22N4O4/c1-16(2)12-10-14(23-4)11(9-13(12)19(21)22)15(20)18-7-5-17(3)6-8-18/h9-10H,5-8H2,1-4H3. The average Bonchev–Trinajstić information content (AvgIpc) is 2.53. The Labute approximate surface area is 135 Å². The first-order valence-electron chi connectivity index (χ1n) is 7.36. The van der Waals surface area contributed by atoms with Gasteiger partial charge in [-0.25, -0.2) is 0 Å². The maximum absolute atomic E-state index is 12.7. The van der Waals surface area contributed by atoms with Gasteiger partial charge in [-0.2, -0.15) is 0 Å². The van der Waals surface area contributed by atoms with E-state index in [9.17, 15) is 14.9 Å². The molecular weight excluding hydrogens is 300 g/mol. The van der Waals surface area contributed by atoms with E-state index in [-0.39, 0.29) is 17.2 Å². The summed E-state index contributed by atoms with van der Waals surface area (Å²) < 4.78 is 5.30. The summed E-state index contributed by atoms with van der Waals surface area (Å²) in [6.07, 6.45) is 0. The molecule has 2 rings (SSSR count). The lowest BCUT2D eigenvalue weighted by Gasteiger charge is -2.32. The molecule has 1 aromatic rings. The SMILES string of the molecule is COc1cc(N(C)C)c([N+](=O)[O-])cc1C(=O)N1CCN(C)CC1. The van der Waals surface area contributed by atoms with Gasteiger partial charge in [0.05, 0.1) is 17.6 Å². The van der Waals surface area contributed by atoms with E-state index in [4.69, 9.17) is 4.74 Å². The van der Waals surface area contributed by atoms with Gasteiger partial charge >= 0.3 is 0 Å². The van der Waals surface area contributed by atoms with Crippen LogP contribution in [-0.2, 0) is 0 Å². The maximum Gasteiger partial charge on any atom is 0.293 e. The molecule has 126 valence electrons. The summed E-state index contributed by atoms with van der Waals surface area (Å²) in [7, 11) is 6.88. The van der Waals surface area contributed by atoms with E-state index in [0.29, 0.717) is 24.5 Å². The number of hydrogen-bond acceptors (Lipinski definition) is 6. The zero-order valence-corrected chi connectivity index (χ0v) is 13.9. The lowest BCUT2D eigenvalue weighted by atomic mass is 10.1. The Bertz CT molecular complexity index is 610. The molecule has 0 bridgehead atoms. The predicted molar refractivity (Wildman–Crippen MR) is 87.4 cm³/mol. The molecule has 1 aliphatic rings. The van der Waals surface area contributed by atoms with Crippen LogP contribution in [0.25, 0.3) is 0 Å². The molecule has 0 unspecified atom stereocenters. The summed E-state index contributed by atoms with van der Waals surface area (Å²) in [5.41, 5.74) is 0.532. The number of likely N-dealkylation sites (N-methyl/N-ethyl adjacent to an activating group) is 1. The van der Waals surface area contributed by atoms with Gasteiger partial charge < -0.3 is 19.4 Å². The fourth-order valence-corrected chi connectivity index (χ4v) is 2.58. The molecule has 8 heteroatoms. The smallest absolute Gasteiger partial charge is 0.293 e. The third-order valence-electron chi connectivity index (χ3n) is 4.00. The van der Waals surface area contributed by atoms with Gasteiger partial charge in [0, 0.05) is 52.4 Å². The summed E-state index contributed by atoms with van der Waals surface area (Å²) >= 11 is 0. The van der Waals surface area contributed by atoms with Gasteiger partial charge in [-0.3, -0.25) is 14.9 Å². The number of piperazine rings is 1. The fraction of sp³-hybridized carbons (Fsp3) is 0.533. The van der Waals surface area contributed by atoms with Crippen LogP contribution in [0.3, 0.4) is 0 Å². The lowest BCUT2D eigenvalue weighted by Crippen LogP contribution is -2.47. The van der Waals surface area contributed by atoms with Crippen LogP contribution >= 0.6 is 0 Å². The fourth-order valence-electron chi connectivity index (χ4n) is 2.58. The van der Waals surface area contributed by atoms with Crippen molar-refractivity contribution in [3.8, 4) is 5.75 Å². The molecular formula is C15H22N4O4. The van der Waals surface area contributed by atoms with Gasteiger partial charge in [-0.05, 0) is 7.05 Å². The van der Waals surface area contributed by atoms with Crippen LogP contribution in [-0.4, -0.2) is 75.1 Å². The number of carbonyl (C=O) groups is 1. The molecule has 1 amide bonds. The van der Waals surface area contributed by atoms with E-state index >= 15 is 0 Å². The Morgan fingerprint density at radius 1 is 1.26 bits per heavy atom. The van der Waals surface area contributed by atoms with Crippen molar-refractivity contribution in [2.45, 2.75) is 0 Å². The molecule has 0 aliphatic carbocycles. The van der Waals surface area contributed by atoms with Crippen molar-refractivity contribution < 1.29 is 14.5 Å². The molecule has 0 atom stereocenters. The molecule has 0 N–H and O–H groups in total. The Kier molecular flexibility index (Phi) is 5.05. The molecule has 1 aromatic carbocycles. The number of methoxy groups -OCH3 is 1. The third kappa shape index (κ3) is 3.53. The highest BCUT2D eigenvalue weighted by Crippen LogP contribution is 2.35. The highest BCUT2D eigenvalue weighted by molar-refractivity contribution is 5.99. The summed E-state index contributed by atoms with van der Waals surface area (Å²) in [5.74, 6) is 0.117. The van der Waals surface area contributed by atoms with Crippen LogP contribution in [0, 0.1) is 10.1 Å². The van der Waals surface area contributed by atoms with Gasteiger partial charge in [0.1, 0.15) is 11.4 Å². The molecule has 0 radical (unpaired) electrons. The van der Waals surface area contributed by atoms with E-state index in [1.807, 2.05) is 7.05 Å². The number of hydrogen-bond donors (Lipinski definition) is 0. The van der Waals surface area contributed by atoms with Gasteiger partial charge in [-0.15, -0.1) is 0 Å². The number of anilines is 1. The summed E-state index contributed by atoms with van der Waals surface area (Å²) in [5, 5.41) is 11.3. The topological polar surface area (TPSA) is 79.2 Å². The van der Waals surface area contributed by atoms with Gasteiger partial charge in [-0.1, -0.05) is 0 Å². The molecule has 8 nitrogen and oxygen atoms in total. The molecule has 0 aromatic heterocycles. The maximum atomic E-state index is 12.7. The second-order valence-electron chi connectivity index (χ2n) is 5.79.